The van der Waals surface area contributed by atoms with Crippen molar-refractivity contribution in [2.24, 2.45) is 11.3 Å². The van der Waals surface area contributed by atoms with Crippen molar-refractivity contribution in [1.29, 1.82) is 0 Å². The second-order valence-corrected chi connectivity index (χ2v) is 6.98. The smallest absolute Gasteiger partial charge is 0.307 e. The minimum absolute atomic E-state index is 0.0125. The van der Waals surface area contributed by atoms with Gasteiger partial charge in [0.05, 0.1) is 12.5 Å². The molecule has 1 saturated heterocycles. The molecule has 130 valence electrons. The van der Waals surface area contributed by atoms with E-state index < -0.39 is 5.97 Å². The summed E-state index contributed by atoms with van der Waals surface area (Å²) in [5.74, 6) is -0.688. The fraction of sp³-hybridized carbons (Fsp3) is 0.579. The molecule has 1 N–H and O–H groups in total. The van der Waals surface area contributed by atoms with Gasteiger partial charge in [-0.2, -0.15) is 0 Å². The van der Waals surface area contributed by atoms with Gasteiger partial charge in [-0.15, -0.1) is 0 Å². The fourth-order valence-corrected chi connectivity index (χ4v) is 3.70. The minimum atomic E-state index is -0.676. The van der Waals surface area contributed by atoms with Gasteiger partial charge in [-0.25, -0.2) is 0 Å². The van der Waals surface area contributed by atoms with E-state index in [-0.39, 0.29) is 17.2 Å². The maximum Gasteiger partial charge on any atom is 0.307 e. The molecular weight excluding hydrogens is 306 g/mol. The summed E-state index contributed by atoms with van der Waals surface area (Å²) in [6, 6.07) is 10.00. The Morgan fingerprint density at radius 3 is 2.54 bits per heavy atom. The van der Waals surface area contributed by atoms with Crippen molar-refractivity contribution in [1.82, 2.24) is 4.90 Å². The lowest BCUT2D eigenvalue weighted by molar-refractivity contribution is -0.139. The van der Waals surface area contributed by atoms with Crippen molar-refractivity contribution < 1.29 is 19.4 Å². The normalized spacial score (nSPS) is 21.7. The molecule has 1 amide bonds. The summed E-state index contributed by atoms with van der Waals surface area (Å²) in [5.41, 5.74) is 1.13. The Bertz CT molecular complexity index is 578. The Balaban J connectivity index is 1.30. The number of ether oxygens (including phenoxy) is 1. The monoisotopic (exact) mass is 331 g/mol. The fourth-order valence-electron chi connectivity index (χ4n) is 3.70. The third kappa shape index (κ3) is 3.96. The Hall–Kier alpha value is -1.88. The molecule has 2 aliphatic rings. The van der Waals surface area contributed by atoms with Crippen molar-refractivity contribution in [3.05, 3.63) is 35.9 Å². The van der Waals surface area contributed by atoms with Crippen LogP contribution in [-0.4, -0.2) is 41.6 Å². The molecule has 1 heterocycles. The van der Waals surface area contributed by atoms with E-state index in [1.807, 2.05) is 35.2 Å². The lowest BCUT2D eigenvalue weighted by Crippen LogP contribution is -2.40. The first kappa shape index (κ1) is 17.0. The van der Waals surface area contributed by atoms with Crippen LogP contribution in [0.4, 0.5) is 0 Å². The molecule has 1 spiro atoms. The van der Waals surface area contributed by atoms with Crippen LogP contribution in [0.2, 0.25) is 0 Å². The number of hydrogen-bond acceptors (Lipinski definition) is 3. The Labute approximate surface area is 142 Å². The standard InChI is InChI=1S/C19H25NO4/c21-17(7-4-12-24-14-15-5-2-1-3-6-15)20-10-8-19(9-11-20)13-16(19)18(22)23/h1-3,5-6,16H,4,7-14H2,(H,22,23). The first-order valence-electron chi connectivity index (χ1n) is 8.73. The van der Waals surface area contributed by atoms with Crippen LogP contribution in [0.3, 0.4) is 0 Å². The number of likely N-dealkylation sites (tertiary alicyclic amines) is 1. The summed E-state index contributed by atoms with van der Waals surface area (Å²) in [5, 5.41) is 9.10. The maximum absolute atomic E-state index is 12.2. The van der Waals surface area contributed by atoms with Crippen LogP contribution in [-0.2, 0) is 20.9 Å². The van der Waals surface area contributed by atoms with E-state index in [2.05, 4.69) is 0 Å². The molecule has 24 heavy (non-hydrogen) atoms. The van der Waals surface area contributed by atoms with Crippen molar-refractivity contribution in [2.45, 2.75) is 38.7 Å². The van der Waals surface area contributed by atoms with Crippen LogP contribution < -0.4 is 0 Å². The number of benzene rings is 1. The highest BCUT2D eigenvalue weighted by Gasteiger charge is 2.59. The van der Waals surface area contributed by atoms with Gasteiger partial charge >= 0.3 is 5.97 Å². The molecule has 3 rings (SSSR count). The summed E-state index contributed by atoms with van der Waals surface area (Å²) >= 11 is 0. The maximum atomic E-state index is 12.2. The molecule has 1 aliphatic heterocycles. The van der Waals surface area contributed by atoms with Crippen LogP contribution in [0.25, 0.3) is 0 Å². The second kappa shape index (κ2) is 7.34. The molecular formula is C19H25NO4. The summed E-state index contributed by atoms with van der Waals surface area (Å²) in [7, 11) is 0. The Kier molecular flexibility index (Phi) is 5.19. The summed E-state index contributed by atoms with van der Waals surface area (Å²) in [6.07, 6.45) is 3.69. The molecule has 1 atom stereocenters. The molecule has 1 saturated carbocycles. The van der Waals surface area contributed by atoms with Gasteiger partial charge in [-0.05, 0) is 36.7 Å². The highest BCUT2D eigenvalue weighted by atomic mass is 16.5. The molecule has 1 aliphatic carbocycles. The number of carboxylic acids is 1. The SMILES string of the molecule is O=C(O)C1CC12CCN(C(=O)CCCOCc1ccccc1)CC2. The van der Waals surface area contributed by atoms with E-state index in [1.54, 1.807) is 0 Å². The molecule has 2 fully saturated rings. The van der Waals surface area contributed by atoms with E-state index in [9.17, 15) is 9.59 Å². The molecule has 0 aromatic heterocycles. The lowest BCUT2D eigenvalue weighted by Gasteiger charge is -2.32. The highest BCUT2D eigenvalue weighted by molar-refractivity contribution is 5.77. The molecule has 1 unspecified atom stereocenters. The summed E-state index contributed by atoms with van der Waals surface area (Å²) in [6.45, 7) is 2.57. The first-order valence-corrected chi connectivity index (χ1v) is 8.73. The number of carbonyl (C=O) groups is 2. The number of carbonyl (C=O) groups excluding carboxylic acids is 1. The first-order chi connectivity index (χ1) is 11.6. The molecule has 0 bridgehead atoms. The minimum Gasteiger partial charge on any atom is -0.481 e. The third-order valence-electron chi connectivity index (χ3n) is 5.39. The predicted molar refractivity (Wildman–Crippen MR) is 89.3 cm³/mol. The predicted octanol–water partition coefficient (Wildman–Crippen LogP) is 2.70. The molecule has 1 aromatic carbocycles. The van der Waals surface area contributed by atoms with E-state index in [1.165, 1.54) is 0 Å². The Morgan fingerprint density at radius 1 is 1.21 bits per heavy atom. The van der Waals surface area contributed by atoms with Crippen molar-refractivity contribution >= 4 is 11.9 Å². The number of hydrogen-bond donors (Lipinski definition) is 1. The lowest BCUT2D eigenvalue weighted by atomic mass is 9.90. The number of carboxylic acid groups (broad SMARTS) is 1. The number of piperidine rings is 1. The van der Waals surface area contributed by atoms with Crippen LogP contribution in [0.5, 0.6) is 0 Å². The van der Waals surface area contributed by atoms with Crippen molar-refractivity contribution in [3.8, 4) is 0 Å². The van der Waals surface area contributed by atoms with Gasteiger partial charge in [-0.3, -0.25) is 9.59 Å². The molecule has 0 radical (unpaired) electrons. The van der Waals surface area contributed by atoms with Gasteiger partial charge in [0.1, 0.15) is 0 Å². The average molecular weight is 331 g/mol. The van der Waals surface area contributed by atoms with Gasteiger partial charge < -0.3 is 14.7 Å². The van der Waals surface area contributed by atoms with Crippen LogP contribution in [0.1, 0.15) is 37.7 Å². The van der Waals surface area contributed by atoms with Crippen molar-refractivity contribution in [3.63, 3.8) is 0 Å². The van der Waals surface area contributed by atoms with E-state index >= 15 is 0 Å². The largest absolute Gasteiger partial charge is 0.481 e. The molecule has 5 heteroatoms. The molecule has 5 nitrogen and oxygen atoms in total. The van der Waals surface area contributed by atoms with Gasteiger partial charge in [0.25, 0.3) is 0 Å². The van der Waals surface area contributed by atoms with E-state index in [0.717, 1.165) is 31.2 Å². The number of rotatable bonds is 7. The van der Waals surface area contributed by atoms with Crippen LogP contribution in [0.15, 0.2) is 30.3 Å². The second-order valence-electron chi connectivity index (χ2n) is 6.98. The zero-order chi connectivity index (χ0) is 17.0. The van der Waals surface area contributed by atoms with Gasteiger partial charge in [-0.1, -0.05) is 30.3 Å². The summed E-state index contributed by atoms with van der Waals surface area (Å²) < 4.78 is 5.60. The highest BCUT2D eigenvalue weighted by Crippen LogP contribution is 2.59. The van der Waals surface area contributed by atoms with Crippen LogP contribution in [0, 0.1) is 11.3 Å². The third-order valence-corrected chi connectivity index (χ3v) is 5.39. The molecule has 1 aromatic rings. The zero-order valence-corrected chi connectivity index (χ0v) is 13.9. The van der Waals surface area contributed by atoms with Crippen molar-refractivity contribution in [2.75, 3.05) is 19.7 Å². The van der Waals surface area contributed by atoms with E-state index in [0.29, 0.717) is 32.7 Å². The van der Waals surface area contributed by atoms with Crippen LogP contribution >= 0.6 is 0 Å². The van der Waals surface area contributed by atoms with E-state index in [4.69, 9.17) is 9.84 Å². The number of amides is 1. The topological polar surface area (TPSA) is 66.8 Å². The number of nitrogens with zero attached hydrogens (tertiary/aromatic N) is 1. The number of aliphatic carboxylic acids is 1. The Morgan fingerprint density at radius 2 is 1.92 bits per heavy atom. The zero-order valence-electron chi connectivity index (χ0n) is 13.9. The average Bonchev–Trinajstić information content (AvgIpc) is 3.30. The van der Waals surface area contributed by atoms with Gasteiger partial charge in [0, 0.05) is 26.1 Å². The van der Waals surface area contributed by atoms with Gasteiger partial charge in [0.2, 0.25) is 5.91 Å². The quantitative estimate of drug-likeness (QED) is 0.780. The summed E-state index contributed by atoms with van der Waals surface area (Å²) in [4.78, 5) is 25.2. The van der Waals surface area contributed by atoms with Gasteiger partial charge in [0.15, 0.2) is 0 Å².